The largest absolute Gasteiger partial charge is 0.376 e. The second-order valence-corrected chi connectivity index (χ2v) is 3.33. The lowest BCUT2D eigenvalue weighted by Crippen LogP contribution is -2.27. The summed E-state index contributed by atoms with van der Waals surface area (Å²) in [7, 11) is 0. The van der Waals surface area contributed by atoms with Crippen LogP contribution in [0.25, 0.3) is 0 Å². The first-order chi connectivity index (χ1) is 4.18. The summed E-state index contributed by atoms with van der Waals surface area (Å²) >= 11 is 0. The molecule has 1 aliphatic heterocycles. The predicted octanol–water partition coefficient (Wildman–Crippen LogP) is 2.21. The average molecular weight is 128 g/mol. The summed E-state index contributed by atoms with van der Waals surface area (Å²) in [4.78, 5) is 0. The van der Waals surface area contributed by atoms with Crippen molar-refractivity contribution in [3.05, 3.63) is 0 Å². The molecule has 0 amide bonds. The number of hydrogen-bond donors (Lipinski definition) is 0. The van der Waals surface area contributed by atoms with E-state index in [0.29, 0.717) is 12.2 Å². The Balaban J connectivity index is 2.34. The minimum Gasteiger partial charge on any atom is -0.376 e. The van der Waals surface area contributed by atoms with Gasteiger partial charge in [0.05, 0.1) is 12.2 Å². The summed E-state index contributed by atoms with van der Waals surface area (Å²) in [5.74, 6) is 0.865. The molecular formula is C8H16O. The zero-order valence-corrected chi connectivity index (χ0v) is 6.55. The van der Waals surface area contributed by atoms with Crippen LogP contribution in [0.1, 0.15) is 33.6 Å². The molecule has 9 heavy (non-hydrogen) atoms. The van der Waals surface area contributed by atoms with Crippen LogP contribution in [0.2, 0.25) is 0 Å². The zero-order chi connectivity index (χ0) is 6.85. The third-order valence-corrected chi connectivity index (χ3v) is 1.93. The van der Waals surface area contributed by atoms with Gasteiger partial charge in [-0.15, -0.1) is 0 Å². The topological polar surface area (TPSA) is 9.23 Å². The Kier molecular flexibility index (Phi) is 2.12. The van der Waals surface area contributed by atoms with E-state index in [-0.39, 0.29) is 0 Å². The van der Waals surface area contributed by atoms with Crippen molar-refractivity contribution < 1.29 is 4.74 Å². The molecule has 1 heteroatoms. The Morgan fingerprint density at radius 1 is 1.00 bits per heavy atom. The number of hydrogen-bond acceptors (Lipinski definition) is 1. The molecule has 0 saturated carbocycles. The maximum absolute atomic E-state index is 5.56. The van der Waals surface area contributed by atoms with Crippen LogP contribution in [0.15, 0.2) is 0 Å². The van der Waals surface area contributed by atoms with Gasteiger partial charge in [-0.05, 0) is 32.6 Å². The highest BCUT2D eigenvalue weighted by Crippen LogP contribution is 2.23. The van der Waals surface area contributed by atoms with Gasteiger partial charge in [0.15, 0.2) is 0 Å². The van der Waals surface area contributed by atoms with E-state index in [0.717, 1.165) is 5.92 Å². The maximum atomic E-state index is 5.56. The molecule has 1 rings (SSSR count). The highest BCUT2D eigenvalue weighted by atomic mass is 16.5. The third-order valence-electron chi connectivity index (χ3n) is 1.93. The molecule has 1 fully saturated rings. The molecule has 0 aromatic rings. The summed E-state index contributed by atoms with van der Waals surface area (Å²) in [5, 5.41) is 0. The Bertz CT molecular complexity index is 65.5. The molecule has 0 aliphatic carbocycles. The van der Waals surface area contributed by atoms with Gasteiger partial charge in [-0.3, -0.25) is 0 Å². The van der Waals surface area contributed by atoms with Crippen molar-refractivity contribution in [2.75, 3.05) is 0 Å². The minimum absolute atomic E-state index is 0.490. The molecule has 2 unspecified atom stereocenters. The minimum atomic E-state index is 0.490. The van der Waals surface area contributed by atoms with E-state index in [9.17, 15) is 0 Å². The molecule has 1 heterocycles. The molecule has 0 bridgehead atoms. The first-order valence-electron chi connectivity index (χ1n) is 3.84. The highest BCUT2D eigenvalue weighted by Gasteiger charge is 2.20. The standard InChI is InChI=1S/C8H16O/c1-6-4-7(2)9-8(3)5-6/h6-8H,4-5H2,1-3H3/t6?,7-,8?/m1/s1. The van der Waals surface area contributed by atoms with Crippen LogP contribution >= 0.6 is 0 Å². The molecule has 0 N–H and O–H groups in total. The zero-order valence-electron chi connectivity index (χ0n) is 6.55. The van der Waals surface area contributed by atoms with Gasteiger partial charge in [0, 0.05) is 0 Å². The molecule has 0 aromatic carbocycles. The SMILES string of the molecule is CC1CC(C)O[C@H](C)C1. The molecule has 1 aliphatic rings. The fraction of sp³-hybridized carbons (Fsp3) is 1.00. The lowest BCUT2D eigenvalue weighted by Gasteiger charge is -2.29. The summed E-state index contributed by atoms with van der Waals surface area (Å²) in [6.07, 6.45) is 3.46. The molecule has 0 radical (unpaired) electrons. The van der Waals surface area contributed by atoms with Crippen molar-refractivity contribution in [1.29, 1.82) is 0 Å². The molecule has 1 saturated heterocycles. The van der Waals surface area contributed by atoms with Crippen molar-refractivity contribution in [1.82, 2.24) is 0 Å². The Morgan fingerprint density at radius 3 is 1.78 bits per heavy atom. The summed E-state index contributed by atoms with van der Waals surface area (Å²) < 4.78 is 5.56. The van der Waals surface area contributed by atoms with Crippen molar-refractivity contribution in [3.8, 4) is 0 Å². The second-order valence-electron chi connectivity index (χ2n) is 3.33. The van der Waals surface area contributed by atoms with E-state index in [1.54, 1.807) is 0 Å². The van der Waals surface area contributed by atoms with Gasteiger partial charge in [-0.1, -0.05) is 6.92 Å². The predicted molar refractivity (Wildman–Crippen MR) is 38.4 cm³/mol. The fourth-order valence-electron chi connectivity index (χ4n) is 1.74. The van der Waals surface area contributed by atoms with Gasteiger partial charge in [0.1, 0.15) is 0 Å². The van der Waals surface area contributed by atoms with Crippen molar-refractivity contribution in [2.24, 2.45) is 5.92 Å². The van der Waals surface area contributed by atoms with Crippen molar-refractivity contribution >= 4 is 0 Å². The number of rotatable bonds is 0. The summed E-state index contributed by atoms with van der Waals surface area (Å²) in [5.41, 5.74) is 0. The molecule has 54 valence electrons. The number of ether oxygens (including phenoxy) is 1. The summed E-state index contributed by atoms with van der Waals surface area (Å²) in [6, 6.07) is 0. The van der Waals surface area contributed by atoms with E-state index in [1.165, 1.54) is 12.8 Å². The van der Waals surface area contributed by atoms with E-state index in [4.69, 9.17) is 4.74 Å². The van der Waals surface area contributed by atoms with Gasteiger partial charge < -0.3 is 4.74 Å². The Hall–Kier alpha value is -0.0400. The summed E-state index contributed by atoms with van der Waals surface area (Å²) in [6.45, 7) is 6.62. The Labute approximate surface area is 57.4 Å². The van der Waals surface area contributed by atoms with E-state index < -0.39 is 0 Å². The first-order valence-corrected chi connectivity index (χ1v) is 3.84. The fourth-order valence-corrected chi connectivity index (χ4v) is 1.74. The lowest BCUT2D eigenvalue weighted by molar-refractivity contribution is -0.0485. The van der Waals surface area contributed by atoms with Crippen LogP contribution < -0.4 is 0 Å². The molecule has 1 nitrogen and oxygen atoms in total. The van der Waals surface area contributed by atoms with Crippen LogP contribution in [0.4, 0.5) is 0 Å². The van der Waals surface area contributed by atoms with Gasteiger partial charge >= 0.3 is 0 Å². The molecule has 0 aromatic heterocycles. The van der Waals surface area contributed by atoms with Crippen LogP contribution in [0.3, 0.4) is 0 Å². The maximum Gasteiger partial charge on any atom is 0.0553 e. The van der Waals surface area contributed by atoms with Gasteiger partial charge in [0.25, 0.3) is 0 Å². The monoisotopic (exact) mass is 128 g/mol. The van der Waals surface area contributed by atoms with E-state index in [2.05, 4.69) is 20.8 Å². The van der Waals surface area contributed by atoms with Crippen LogP contribution in [0, 0.1) is 5.92 Å². The van der Waals surface area contributed by atoms with E-state index in [1.807, 2.05) is 0 Å². The smallest absolute Gasteiger partial charge is 0.0553 e. The van der Waals surface area contributed by atoms with Crippen LogP contribution in [0.5, 0.6) is 0 Å². The van der Waals surface area contributed by atoms with Gasteiger partial charge in [-0.2, -0.15) is 0 Å². The normalized spacial score (nSPS) is 45.0. The Morgan fingerprint density at radius 2 is 1.44 bits per heavy atom. The highest BCUT2D eigenvalue weighted by molar-refractivity contribution is 4.69. The molecule has 0 spiro atoms. The third kappa shape index (κ3) is 1.98. The van der Waals surface area contributed by atoms with Crippen molar-refractivity contribution in [2.45, 2.75) is 45.8 Å². The van der Waals surface area contributed by atoms with Crippen LogP contribution in [-0.4, -0.2) is 12.2 Å². The average Bonchev–Trinajstić information content (AvgIpc) is 1.59. The lowest BCUT2D eigenvalue weighted by atomic mass is 9.95. The first kappa shape index (κ1) is 7.07. The van der Waals surface area contributed by atoms with Gasteiger partial charge in [0.2, 0.25) is 0 Å². The quantitative estimate of drug-likeness (QED) is 0.486. The van der Waals surface area contributed by atoms with Gasteiger partial charge in [-0.25, -0.2) is 0 Å². The van der Waals surface area contributed by atoms with Crippen LogP contribution in [-0.2, 0) is 4.74 Å². The molecule has 3 atom stereocenters. The van der Waals surface area contributed by atoms with E-state index >= 15 is 0 Å². The molecular weight excluding hydrogens is 112 g/mol. The second kappa shape index (κ2) is 2.70. The van der Waals surface area contributed by atoms with Crippen molar-refractivity contribution in [3.63, 3.8) is 0 Å².